The van der Waals surface area contributed by atoms with E-state index in [9.17, 15) is 9.90 Å². The molecule has 2 N–H and O–H groups in total. The second-order valence-electron chi connectivity index (χ2n) is 7.83. The number of carbonyl (C=O) groups is 1. The van der Waals surface area contributed by atoms with Crippen molar-refractivity contribution in [1.29, 1.82) is 0 Å². The number of carbonyl (C=O) groups excluding carboxylic acids is 1. The Hall–Kier alpha value is -2.84. The number of hydrogen-bond donors (Lipinski definition) is 2. The van der Waals surface area contributed by atoms with Crippen LogP contribution in [0.4, 0.5) is 0 Å². The minimum Gasteiger partial charge on any atom is -0.394 e. The van der Waals surface area contributed by atoms with Crippen LogP contribution in [0.25, 0.3) is 5.65 Å². The Labute approximate surface area is 176 Å². The van der Waals surface area contributed by atoms with E-state index in [4.69, 9.17) is 0 Å². The Bertz CT molecular complexity index is 978. The van der Waals surface area contributed by atoms with E-state index < -0.39 is 0 Å². The third kappa shape index (κ3) is 4.34. The molecule has 30 heavy (non-hydrogen) atoms. The number of hydrogen-bond acceptors (Lipinski definition) is 6. The van der Waals surface area contributed by atoms with Crippen molar-refractivity contribution < 1.29 is 9.90 Å². The summed E-state index contributed by atoms with van der Waals surface area (Å²) in [6, 6.07) is 5.84. The van der Waals surface area contributed by atoms with Crippen molar-refractivity contribution in [3.8, 4) is 0 Å². The maximum Gasteiger partial charge on any atom is 0.274 e. The average Bonchev–Trinajstić information content (AvgIpc) is 3.23. The number of nitrogens with one attached hydrogen (secondary N) is 1. The van der Waals surface area contributed by atoms with Gasteiger partial charge in [-0.15, -0.1) is 0 Å². The van der Waals surface area contributed by atoms with Gasteiger partial charge < -0.3 is 10.4 Å². The summed E-state index contributed by atoms with van der Waals surface area (Å²) in [4.78, 5) is 28.0. The highest BCUT2D eigenvalue weighted by Crippen LogP contribution is 2.29. The standard InChI is InChI=1S/C22H28N6O2/c1-2-18(14-29)26-22(30)20-21-24-9-5-19(28(21)15-25-20)17-6-10-27(11-7-17)13-16-4-3-8-23-12-16/h3-5,8-9,12,15,17-18,29H,2,6-7,10-11,13-14H2,1H3,(H,26,30). The predicted molar refractivity (Wildman–Crippen MR) is 113 cm³/mol. The van der Waals surface area contributed by atoms with Gasteiger partial charge >= 0.3 is 0 Å². The van der Waals surface area contributed by atoms with Gasteiger partial charge in [0.1, 0.15) is 6.33 Å². The number of imidazole rings is 1. The molecule has 1 aliphatic heterocycles. The monoisotopic (exact) mass is 408 g/mol. The topological polar surface area (TPSA) is 95.6 Å². The number of piperidine rings is 1. The molecule has 1 saturated heterocycles. The highest BCUT2D eigenvalue weighted by atomic mass is 16.3. The molecular formula is C22H28N6O2. The first-order valence-electron chi connectivity index (χ1n) is 10.5. The molecule has 0 aromatic carbocycles. The van der Waals surface area contributed by atoms with Gasteiger partial charge in [0.15, 0.2) is 11.3 Å². The number of fused-ring (bicyclic) bond motifs is 1. The zero-order chi connectivity index (χ0) is 20.9. The molecule has 0 saturated carbocycles. The first-order valence-corrected chi connectivity index (χ1v) is 10.5. The Morgan fingerprint density at radius 2 is 2.10 bits per heavy atom. The number of pyridine rings is 1. The van der Waals surface area contributed by atoms with Crippen LogP contribution in [0.5, 0.6) is 0 Å². The summed E-state index contributed by atoms with van der Waals surface area (Å²) in [5.74, 6) is 0.0981. The van der Waals surface area contributed by atoms with Crippen LogP contribution in [-0.2, 0) is 6.54 Å². The van der Waals surface area contributed by atoms with E-state index in [1.807, 2.05) is 29.7 Å². The SMILES string of the molecule is CCC(CO)NC(=O)c1ncn2c(C3CCN(Cc4cccnc4)CC3)ccnc12. The number of aromatic nitrogens is 4. The molecule has 1 fully saturated rings. The summed E-state index contributed by atoms with van der Waals surface area (Å²) < 4.78 is 1.94. The van der Waals surface area contributed by atoms with Crippen molar-refractivity contribution in [1.82, 2.24) is 29.6 Å². The van der Waals surface area contributed by atoms with Gasteiger partial charge in [-0.1, -0.05) is 13.0 Å². The first-order chi connectivity index (χ1) is 14.7. The van der Waals surface area contributed by atoms with Crippen LogP contribution in [0.2, 0.25) is 0 Å². The van der Waals surface area contributed by atoms with Gasteiger partial charge in [0, 0.05) is 36.7 Å². The minimum atomic E-state index is -0.297. The molecule has 8 nitrogen and oxygen atoms in total. The summed E-state index contributed by atoms with van der Waals surface area (Å²) in [6.45, 7) is 4.78. The number of likely N-dealkylation sites (tertiary alicyclic amines) is 1. The van der Waals surface area contributed by atoms with Gasteiger partial charge in [-0.2, -0.15) is 0 Å². The number of amides is 1. The van der Waals surface area contributed by atoms with Gasteiger partial charge in [-0.3, -0.25) is 19.1 Å². The van der Waals surface area contributed by atoms with E-state index >= 15 is 0 Å². The molecule has 0 radical (unpaired) electrons. The van der Waals surface area contributed by atoms with Gasteiger partial charge in [0.25, 0.3) is 5.91 Å². The first kappa shape index (κ1) is 20.4. The van der Waals surface area contributed by atoms with Crippen LogP contribution in [0.15, 0.2) is 43.1 Å². The zero-order valence-electron chi connectivity index (χ0n) is 17.2. The number of aliphatic hydroxyl groups is 1. The fourth-order valence-electron chi connectivity index (χ4n) is 4.08. The Morgan fingerprint density at radius 3 is 2.80 bits per heavy atom. The quantitative estimate of drug-likeness (QED) is 0.621. The lowest BCUT2D eigenvalue weighted by Gasteiger charge is -2.32. The highest BCUT2D eigenvalue weighted by molar-refractivity contribution is 5.98. The summed E-state index contributed by atoms with van der Waals surface area (Å²) in [5, 5.41) is 12.2. The van der Waals surface area contributed by atoms with E-state index in [0.717, 1.165) is 38.2 Å². The molecule has 4 rings (SSSR count). The fraction of sp³-hybridized carbons (Fsp3) is 0.455. The van der Waals surface area contributed by atoms with Gasteiger partial charge in [0.2, 0.25) is 0 Å². The third-order valence-electron chi connectivity index (χ3n) is 5.86. The zero-order valence-corrected chi connectivity index (χ0v) is 17.2. The van der Waals surface area contributed by atoms with E-state index in [1.54, 1.807) is 18.7 Å². The number of nitrogens with zero attached hydrogens (tertiary/aromatic N) is 5. The van der Waals surface area contributed by atoms with E-state index in [2.05, 4.69) is 31.2 Å². The molecule has 0 spiro atoms. The third-order valence-corrected chi connectivity index (χ3v) is 5.86. The predicted octanol–water partition coefficient (Wildman–Crippen LogP) is 2.00. The van der Waals surface area contributed by atoms with Crippen molar-refractivity contribution in [3.63, 3.8) is 0 Å². The average molecular weight is 409 g/mol. The summed E-state index contributed by atoms with van der Waals surface area (Å²) in [5.41, 5.74) is 3.25. The Kier molecular flexibility index (Phi) is 6.35. The molecule has 1 unspecified atom stereocenters. The fourth-order valence-corrected chi connectivity index (χ4v) is 4.08. The molecular weight excluding hydrogens is 380 g/mol. The lowest BCUT2D eigenvalue weighted by Crippen LogP contribution is -2.37. The molecule has 0 aliphatic carbocycles. The largest absolute Gasteiger partial charge is 0.394 e. The summed E-state index contributed by atoms with van der Waals surface area (Å²) >= 11 is 0. The maximum absolute atomic E-state index is 12.6. The second-order valence-corrected chi connectivity index (χ2v) is 7.83. The van der Waals surface area contributed by atoms with Gasteiger partial charge in [-0.25, -0.2) is 9.97 Å². The molecule has 0 bridgehead atoms. The van der Waals surface area contributed by atoms with Crippen LogP contribution in [0, 0.1) is 0 Å². The Morgan fingerprint density at radius 1 is 1.27 bits per heavy atom. The smallest absolute Gasteiger partial charge is 0.274 e. The van der Waals surface area contributed by atoms with Crippen LogP contribution in [0.3, 0.4) is 0 Å². The Balaban J connectivity index is 1.46. The van der Waals surface area contributed by atoms with Crippen molar-refractivity contribution in [2.24, 2.45) is 0 Å². The van der Waals surface area contributed by atoms with Crippen molar-refractivity contribution in [2.75, 3.05) is 19.7 Å². The lowest BCUT2D eigenvalue weighted by atomic mass is 9.93. The minimum absolute atomic E-state index is 0.0929. The van der Waals surface area contributed by atoms with E-state index in [0.29, 0.717) is 23.7 Å². The molecule has 4 heterocycles. The highest BCUT2D eigenvalue weighted by Gasteiger charge is 2.25. The maximum atomic E-state index is 12.6. The van der Waals surface area contributed by atoms with Crippen molar-refractivity contribution >= 4 is 11.6 Å². The van der Waals surface area contributed by atoms with E-state index in [1.165, 1.54) is 5.56 Å². The summed E-state index contributed by atoms with van der Waals surface area (Å²) in [6.07, 6.45) is 9.92. The van der Waals surface area contributed by atoms with Crippen LogP contribution in [-0.4, -0.2) is 61.0 Å². The van der Waals surface area contributed by atoms with Crippen molar-refractivity contribution in [3.05, 3.63) is 60.1 Å². The van der Waals surface area contributed by atoms with Crippen LogP contribution < -0.4 is 5.32 Å². The molecule has 1 atom stereocenters. The summed E-state index contributed by atoms with van der Waals surface area (Å²) in [7, 11) is 0. The number of aliphatic hydroxyl groups excluding tert-OH is 1. The molecule has 158 valence electrons. The van der Waals surface area contributed by atoms with E-state index in [-0.39, 0.29) is 18.6 Å². The van der Waals surface area contributed by atoms with Crippen molar-refractivity contribution in [2.45, 2.75) is 44.7 Å². The molecule has 3 aromatic heterocycles. The molecule has 3 aromatic rings. The normalized spacial score (nSPS) is 16.6. The molecule has 8 heteroatoms. The molecule has 1 aliphatic rings. The van der Waals surface area contributed by atoms with Crippen LogP contribution >= 0.6 is 0 Å². The van der Waals surface area contributed by atoms with Crippen LogP contribution in [0.1, 0.15) is 53.8 Å². The number of rotatable bonds is 7. The second kappa shape index (κ2) is 9.32. The lowest BCUT2D eigenvalue weighted by molar-refractivity contribution is 0.0912. The van der Waals surface area contributed by atoms with Gasteiger partial charge in [-0.05, 0) is 50.0 Å². The molecule has 1 amide bonds. The van der Waals surface area contributed by atoms with Gasteiger partial charge in [0.05, 0.1) is 12.6 Å².